The van der Waals surface area contributed by atoms with Crippen molar-refractivity contribution in [3.8, 4) is 0 Å². The second-order valence-electron chi connectivity index (χ2n) is 5.14. The Morgan fingerprint density at radius 2 is 1.96 bits per heavy atom. The zero-order valence-corrected chi connectivity index (χ0v) is 13.7. The smallest absolute Gasteiger partial charge is 0.271 e. The molecule has 6 nitrogen and oxygen atoms in total. The first-order valence-electron chi connectivity index (χ1n) is 7.40. The molecule has 3 rings (SSSR count). The molecular weight excluding hydrogens is 350 g/mol. The fourth-order valence-corrected chi connectivity index (χ4v) is 3.06. The van der Waals surface area contributed by atoms with Crippen molar-refractivity contribution in [2.45, 2.75) is 6.54 Å². The van der Waals surface area contributed by atoms with E-state index < -0.39 is 17.5 Å². The van der Waals surface area contributed by atoms with Crippen molar-refractivity contribution in [2.24, 2.45) is 0 Å². The highest BCUT2D eigenvalue weighted by molar-refractivity contribution is 7.17. The molecule has 1 aromatic carbocycles. The number of nitrogens with zero attached hydrogens (tertiary/aromatic N) is 2. The molecule has 3 N–H and O–H groups in total. The SMILES string of the molecule is O=C(NCCO)c1nc(NCc2cc(F)cc(F)c2)nc2ccsc12. The van der Waals surface area contributed by atoms with Gasteiger partial charge in [-0.1, -0.05) is 0 Å². The molecule has 2 aromatic heterocycles. The number of aliphatic hydroxyl groups excluding tert-OH is 1. The van der Waals surface area contributed by atoms with Crippen molar-refractivity contribution >= 4 is 33.4 Å². The van der Waals surface area contributed by atoms with E-state index in [1.54, 1.807) is 11.4 Å². The molecule has 0 radical (unpaired) electrons. The summed E-state index contributed by atoms with van der Waals surface area (Å²) < 4.78 is 27.1. The molecule has 0 saturated carbocycles. The highest BCUT2D eigenvalue weighted by Crippen LogP contribution is 2.24. The summed E-state index contributed by atoms with van der Waals surface area (Å²) in [6, 6.07) is 4.95. The van der Waals surface area contributed by atoms with Gasteiger partial charge in [-0.25, -0.2) is 18.7 Å². The molecule has 0 atom stereocenters. The Morgan fingerprint density at radius 3 is 2.68 bits per heavy atom. The first-order valence-corrected chi connectivity index (χ1v) is 8.28. The lowest BCUT2D eigenvalue weighted by Crippen LogP contribution is -2.27. The summed E-state index contributed by atoms with van der Waals surface area (Å²) >= 11 is 1.33. The first kappa shape index (κ1) is 17.2. The lowest BCUT2D eigenvalue weighted by atomic mass is 10.2. The summed E-state index contributed by atoms with van der Waals surface area (Å²) in [7, 11) is 0. The van der Waals surface area contributed by atoms with Gasteiger partial charge in [0.15, 0.2) is 5.69 Å². The summed E-state index contributed by atoms with van der Waals surface area (Å²) in [5, 5.41) is 16.0. The predicted octanol–water partition coefficient (Wildman–Crippen LogP) is 2.30. The maximum atomic E-state index is 13.2. The first-order chi connectivity index (χ1) is 12.1. The van der Waals surface area contributed by atoms with Crippen molar-refractivity contribution < 1.29 is 18.7 Å². The third-order valence-corrected chi connectivity index (χ3v) is 4.20. The summed E-state index contributed by atoms with van der Waals surface area (Å²) in [6.45, 7) is 0.0315. The van der Waals surface area contributed by atoms with Gasteiger partial charge < -0.3 is 15.7 Å². The van der Waals surface area contributed by atoms with Gasteiger partial charge in [-0.3, -0.25) is 4.79 Å². The number of rotatable bonds is 6. The van der Waals surface area contributed by atoms with Gasteiger partial charge in [0.05, 0.1) is 16.8 Å². The van der Waals surface area contributed by atoms with Crippen LogP contribution in [0.15, 0.2) is 29.6 Å². The minimum absolute atomic E-state index is 0.0992. The lowest BCUT2D eigenvalue weighted by molar-refractivity contribution is 0.0942. The number of benzene rings is 1. The molecular formula is C16H14F2N4O2S. The van der Waals surface area contributed by atoms with E-state index in [2.05, 4.69) is 20.6 Å². The van der Waals surface area contributed by atoms with Crippen molar-refractivity contribution in [2.75, 3.05) is 18.5 Å². The van der Waals surface area contributed by atoms with Crippen LogP contribution in [-0.2, 0) is 6.54 Å². The van der Waals surface area contributed by atoms with Gasteiger partial charge >= 0.3 is 0 Å². The molecule has 2 heterocycles. The van der Waals surface area contributed by atoms with Crippen LogP contribution >= 0.6 is 11.3 Å². The standard InChI is InChI=1S/C16H14F2N4O2S/c17-10-5-9(6-11(18)7-10)8-20-16-21-12-1-4-25-14(12)13(22-16)15(24)19-2-3-23/h1,4-7,23H,2-3,8H2,(H,19,24)(H,20,21,22). The van der Waals surface area contributed by atoms with Gasteiger partial charge in [-0.2, -0.15) is 0 Å². The van der Waals surface area contributed by atoms with Crippen LogP contribution in [0.3, 0.4) is 0 Å². The number of carbonyl (C=O) groups is 1. The summed E-state index contributed by atoms with van der Waals surface area (Å²) in [5.41, 5.74) is 1.15. The largest absolute Gasteiger partial charge is 0.395 e. The molecule has 0 aliphatic heterocycles. The van der Waals surface area contributed by atoms with E-state index in [1.165, 1.54) is 23.5 Å². The number of hydrogen-bond acceptors (Lipinski definition) is 6. The molecule has 1 amide bonds. The number of carbonyl (C=O) groups excluding carboxylic acids is 1. The predicted molar refractivity (Wildman–Crippen MR) is 90.5 cm³/mol. The number of nitrogens with one attached hydrogen (secondary N) is 2. The zero-order chi connectivity index (χ0) is 17.8. The second kappa shape index (κ2) is 7.49. The molecule has 25 heavy (non-hydrogen) atoms. The van der Waals surface area contributed by atoms with E-state index in [9.17, 15) is 13.6 Å². The highest BCUT2D eigenvalue weighted by Gasteiger charge is 2.16. The molecule has 0 spiro atoms. The number of aromatic nitrogens is 2. The van der Waals surface area contributed by atoms with Gasteiger partial charge in [0.25, 0.3) is 5.91 Å². The van der Waals surface area contributed by atoms with Crippen molar-refractivity contribution in [3.63, 3.8) is 0 Å². The zero-order valence-electron chi connectivity index (χ0n) is 12.9. The Kier molecular flexibility index (Phi) is 5.15. The number of thiophene rings is 1. The topological polar surface area (TPSA) is 87.1 Å². The third-order valence-electron chi connectivity index (χ3n) is 3.29. The number of hydrogen-bond donors (Lipinski definition) is 3. The summed E-state index contributed by atoms with van der Waals surface area (Å²) in [4.78, 5) is 20.7. The molecule has 0 bridgehead atoms. The van der Waals surface area contributed by atoms with Crippen LogP contribution in [0.5, 0.6) is 0 Å². The third kappa shape index (κ3) is 4.06. The molecule has 0 saturated heterocycles. The van der Waals surface area contributed by atoms with Gasteiger partial charge in [0.2, 0.25) is 5.95 Å². The second-order valence-corrected chi connectivity index (χ2v) is 6.06. The van der Waals surface area contributed by atoms with Gasteiger partial charge in [-0.05, 0) is 29.1 Å². The monoisotopic (exact) mass is 364 g/mol. The van der Waals surface area contributed by atoms with Crippen molar-refractivity contribution in [1.82, 2.24) is 15.3 Å². The van der Waals surface area contributed by atoms with Crippen LogP contribution in [0.25, 0.3) is 10.2 Å². The Bertz CT molecular complexity index is 896. The van der Waals surface area contributed by atoms with Crippen LogP contribution in [0.2, 0.25) is 0 Å². The maximum Gasteiger partial charge on any atom is 0.271 e. The van der Waals surface area contributed by atoms with Crippen LogP contribution in [0.1, 0.15) is 16.1 Å². The van der Waals surface area contributed by atoms with E-state index in [-0.39, 0.29) is 31.3 Å². The highest BCUT2D eigenvalue weighted by atomic mass is 32.1. The van der Waals surface area contributed by atoms with E-state index in [1.807, 2.05) is 0 Å². The van der Waals surface area contributed by atoms with Crippen LogP contribution < -0.4 is 10.6 Å². The number of fused-ring (bicyclic) bond motifs is 1. The minimum atomic E-state index is -0.671. The number of aliphatic hydroxyl groups is 1. The summed E-state index contributed by atoms with van der Waals surface area (Å²) in [5.74, 6) is -1.60. The Labute approximate surface area is 145 Å². The van der Waals surface area contributed by atoms with E-state index in [0.29, 0.717) is 15.8 Å². The molecule has 0 aliphatic carbocycles. The normalized spacial score (nSPS) is 10.8. The Balaban J connectivity index is 1.85. The quantitative estimate of drug-likeness (QED) is 0.625. The molecule has 3 aromatic rings. The average molecular weight is 364 g/mol. The fraction of sp³-hybridized carbons (Fsp3) is 0.188. The van der Waals surface area contributed by atoms with E-state index in [4.69, 9.17) is 5.11 Å². The van der Waals surface area contributed by atoms with Crippen LogP contribution in [-0.4, -0.2) is 34.1 Å². The molecule has 9 heteroatoms. The average Bonchev–Trinajstić information content (AvgIpc) is 3.04. The van der Waals surface area contributed by atoms with Gasteiger partial charge in [0, 0.05) is 19.2 Å². The molecule has 0 aliphatic rings. The number of anilines is 1. The van der Waals surface area contributed by atoms with E-state index in [0.717, 1.165) is 6.07 Å². The minimum Gasteiger partial charge on any atom is -0.395 e. The number of halogens is 2. The fourth-order valence-electron chi connectivity index (χ4n) is 2.24. The van der Waals surface area contributed by atoms with Crippen LogP contribution in [0.4, 0.5) is 14.7 Å². The van der Waals surface area contributed by atoms with Crippen molar-refractivity contribution in [1.29, 1.82) is 0 Å². The Morgan fingerprint density at radius 1 is 1.20 bits per heavy atom. The summed E-state index contributed by atoms with van der Waals surface area (Å²) in [6.07, 6.45) is 0. The number of amides is 1. The molecule has 0 unspecified atom stereocenters. The van der Waals surface area contributed by atoms with Gasteiger partial charge in [-0.15, -0.1) is 11.3 Å². The maximum absolute atomic E-state index is 13.2. The lowest BCUT2D eigenvalue weighted by Gasteiger charge is -2.09. The van der Waals surface area contributed by atoms with Gasteiger partial charge in [0.1, 0.15) is 11.6 Å². The molecule has 0 fully saturated rings. The van der Waals surface area contributed by atoms with E-state index >= 15 is 0 Å². The Hall–Kier alpha value is -2.65. The van der Waals surface area contributed by atoms with Crippen LogP contribution in [0, 0.1) is 11.6 Å². The van der Waals surface area contributed by atoms with Crippen molar-refractivity contribution in [3.05, 3.63) is 52.5 Å². The molecule has 130 valence electrons.